The predicted octanol–water partition coefficient (Wildman–Crippen LogP) is 1.26. The number of Topliss-reactive ketones (excluding diaryl/α,β-unsaturated/α-hetero) is 1. The number of methoxy groups -OCH3 is 1. The minimum absolute atomic E-state index is 0.0236. The zero-order chi connectivity index (χ0) is 16.0. The maximum Gasteiger partial charge on any atom is 0.471 e. The lowest BCUT2D eigenvalue weighted by Crippen LogP contribution is -2.39. The van der Waals surface area contributed by atoms with Crippen LogP contribution in [-0.4, -0.2) is 37.5 Å². The van der Waals surface area contributed by atoms with Crippen molar-refractivity contribution in [3.8, 4) is 0 Å². The van der Waals surface area contributed by atoms with E-state index in [4.69, 9.17) is 0 Å². The van der Waals surface area contributed by atoms with Crippen molar-refractivity contribution in [3.05, 3.63) is 35.4 Å². The van der Waals surface area contributed by atoms with Crippen LogP contribution in [0.2, 0.25) is 0 Å². The number of hydrogen-bond acceptors (Lipinski definition) is 4. The van der Waals surface area contributed by atoms with E-state index >= 15 is 0 Å². The van der Waals surface area contributed by atoms with Gasteiger partial charge in [-0.25, -0.2) is 0 Å². The van der Waals surface area contributed by atoms with E-state index < -0.39 is 30.4 Å². The Morgan fingerprint density at radius 2 is 1.71 bits per heavy atom. The molecule has 0 aliphatic heterocycles. The lowest BCUT2D eigenvalue weighted by atomic mass is 10.1. The van der Waals surface area contributed by atoms with Crippen LogP contribution in [-0.2, 0) is 20.7 Å². The SMILES string of the molecule is COC(=O)Cc1ccc(C(=O)CNC(=O)C(F)(F)F)cc1. The third-order valence-electron chi connectivity index (χ3n) is 2.52. The highest BCUT2D eigenvalue weighted by Crippen LogP contribution is 2.14. The Labute approximate surface area is 118 Å². The van der Waals surface area contributed by atoms with Crippen molar-refractivity contribution in [2.24, 2.45) is 0 Å². The van der Waals surface area contributed by atoms with Gasteiger partial charge in [-0.15, -0.1) is 0 Å². The molecule has 0 atom stereocenters. The summed E-state index contributed by atoms with van der Waals surface area (Å²) in [4.78, 5) is 33.2. The molecule has 0 aliphatic rings. The first-order valence-electron chi connectivity index (χ1n) is 5.78. The number of amides is 1. The molecule has 0 bridgehead atoms. The number of benzene rings is 1. The summed E-state index contributed by atoms with van der Waals surface area (Å²) >= 11 is 0. The lowest BCUT2D eigenvalue weighted by Gasteiger charge is -2.07. The van der Waals surface area contributed by atoms with Crippen molar-refractivity contribution >= 4 is 17.7 Å². The van der Waals surface area contributed by atoms with Crippen LogP contribution in [0.1, 0.15) is 15.9 Å². The van der Waals surface area contributed by atoms with Crippen LogP contribution >= 0.6 is 0 Å². The second-order valence-electron chi connectivity index (χ2n) is 4.05. The van der Waals surface area contributed by atoms with Gasteiger partial charge in [0.15, 0.2) is 5.78 Å². The molecule has 0 aromatic heterocycles. The van der Waals surface area contributed by atoms with E-state index in [2.05, 4.69) is 4.74 Å². The highest BCUT2D eigenvalue weighted by molar-refractivity contribution is 5.99. The van der Waals surface area contributed by atoms with Crippen molar-refractivity contribution in [1.82, 2.24) is 5.32 Å². The number of esters is 1. The summed E-state index contributed by atoms with van der Waals surface area (Å²) in [5, 5.41) is 1.49. The van der Waals surface area contributed by atoms with Crippen molar-refractivity contribution in [2.45, 2.75) is 12.6 Å². The van der Waals surface area contributed by atoms with Gasteiger partial charge in [0.2, 0.25) is 0 Å². The average molecular weight is 303 g/mol. The summed E-state index contributed by atoms with van der Waals surface area (Å²) in [7, 11) is 1.24. The van der Waals surface area contributed by atoms with Crippen LogP contribution in [0.4, 0.5) is 13.2 Å². The molecule has 21 heavy (non-hydrogen) atoms. The first-order chi connectivity index (χ1) is 9.74. The molecule has 114 valence electrons. The third-order valence-corrected chi connectivity index (χ3v) is 2.52. The van der Waals surface area contributed by atoms with Crippen molar-refractivity contribution in [3.63, 3.8) is 0 Å². The Morgan fingerprint density at radius 3 is 2.19 bits per heavy atom. The molecule has 0 fully saturated rings. The summed E-state index contributed by atoms with van der Waals surface area (Å²) in [6, 6.07) is 5.69. The zero-order valence-electron chi connectivity index (χ0n) is 11.0. The van der Waals surface area contributed by atoms with E-state index in [0.29, 0.717) is 5.56 Å². The van der Waals surface area contributed by atoms with Gasteiger partial charge in [-0.2, -0.15) is 13.2 Å². The largest absolute Gasteiger partial charge is 0.471 e. The van der Waals surface area contributed by atoms with Gasteiger partial charge < -0.3 is 10.1 Å². The number of ether oxygens (including phenoxy) is 1. The number of rotatable bonds is 5. The number of carbonyl (C=O) groups excluding carboxylic acids is 3. The molecule has 1 aromatic rings. The quantitative estimate of drug-likeness (QED) is 0.656. The molecule has 1 N–H and O–H groups in total. The average Bonchev–Trinajstić information content (AvgIpc) is 2.43. The number of nitrogens with one attached hydrogen (secondary N) is 1. The van der Waals surface area contributed by atoms with E-state index in [0.717, 1.165) is 0 Å². The number of ketones is 1. The van der Waals surface area contributed by atoms with E-state index in [-0.39, 0.29) is 12.0 Å². The summed E-state index contributed by atoms with van der Waals surface area (Å²) < 4.78 is 40.3. The van der Waals surface area contributed by atoms with Crippen LogP contribution in [0.3, 0.4) is 0 Å². The summed E-state index contributed by atoms with van der Waals surface area (Å²) in [6.07, 6.45) is -5.00. The molecule has 1 rings (SSSR count). The van der Waals surface area contributed by atoms with Crippen LogP contribution in [0.5, 0.6) is 0 Å². The third kappa shape index (κ3) is 5.25. The Bertz CT molecular complexity index is 537. The molecule has 0 saturated heterocycles. The van der Waals surface area contributed by atoms with Gasteiger partial charge in [0.25, 0.3) is 0 Å². The fourth-order valence-electron chi connectivity index (χ4n) is 1.41. The molecule has 0 spiro atoms. The molecule has 0 radical (unpaired) electrons. The van der Waals surface area contributed by atoms with Gasteiger partial charge in [0, 0.05) is 5.56 Å². The van der Waals surface area contributed by atoms with Gasteiger partial charge in [-0.05, 0) is 5.56 Å². The van der Waals surface area contributed by atoms with Crippen LogP contribution in [0.15, 0.2) is 24.3 Å². The monoisotopic (exact) mass is 303 g/mol. The van der Waals surface area contributed by atoms with Gasteiger partial charge >= 0.3 is 18.1 Å². The van der Waals surface area contributed by atoms with Crippen molar-refractivity contribution in [2.75, 3.05) is 13.7 Å². The number of halogens is 3. The molecule has 0 aliphatic carbocycles. The first kappa shape index (κ1) is 16.7. The Morgan fingerprint density at radius 1 is 1.14 bits per heavy atom. The molecule has 8 heteroatoms. The number of alkyl halides is 3. The van der Waals surface area contributed by atoms with Crippen LogP contribution in [0.25, 0.3) is 0 Å². The van der Waals surface area contributed by atoms with E-state index in [9.17, 15) is 27.6 Å². The number of carbonyl (C=O) groups is 3. The molecule has 1 amide bonds. The minimum atomic E-state index is -5.02. The highest BCUT2D eigenvalue weighted by Gasteiger charge is 2.38. The molecule has 0 heterocycles. The topological polar surface area (TPSA) is 72.5 Å². The fraction of sp³-hybridized carbons (Fsp3) is 0.308. The Hall–Kier alpha value is -2.38. The Balaban J connectivity index is 2.59. The molecule has 0 saturated carbocycles. The van der Waals surface area contributed by atoms with E-state index in [1.807, 2.05) is 0 Å². The molecular formula is C13H12F3NO4. The second-order valence-corrected chi connectivity index (χ2v) is 4.05. The maximum atomic E-state index is 11.9. The first-order valence-corrected chi connectivity index (χ1v) is 5.78. The standard InChI is InChI=1S/C13H12F3NO4/c1-21-11(19)6-8-2-4-9(5-3-8)10(18)7-17-12(20)13(14,15)16/h2-5H,6-7H2,1H3,(H,17,20). The summed E-state index contributed by atoms with van der Waals surface area (Å²) in [5.74, 6) is -3.29. The normalized spacial score (nSPS) is 10.9. The van der Waals surface area contributed by atoms with Gasteiger partial charge in [-0.1, -0.05) is 24.3 Å². The lowest BCUT2D eigenvalue weighted by molar-refractivity contribution is -0.173. The van der Waals surface area contributed by atoms with Crippen molar-refractivity contribution < 1.29 is 32.3 Å². The molecule has 1 aromatic carbocycles. The van der Waals surface area contributed by atoms with E-state index in [1.54, 1.807) is 0 Å². The van der Waals surface area contributed by atoms with Gasteiger partial charge in [0.05, 0.1) is 20.1 Å². The van der Waals surface area contributed by atoms with Gasteiger partial charge in [0.1, 0.15) is 0 Å². The smallest absolute Gasteiger partial charge is 0.469 e. The maximum absolute atomic E-state index is 11.9. The summed E-state index contributed by atoms with van der Waals surface area (Å²) in [6.45, 7) is -0.755. The predicted molar refractivity (Wildman–Crippen MR) is 65.6 cm³/mol. The van der Waals surface area contributed by atoms with Crippen LogP contribution < -0.4 is 5.32 Å². The zero-order valence-corrected chi connectivity index (χ0v) is 11.0. The van der Waals surface area contributed by atoms with E-state index in [1.165, 1.54) is 36.7 Å². The van der Waals surface area contributed by atoms with Crippen LogP contribution in [0, 0.1) is 0 Å². The number of hydrogen-bond donors (Lipinski definition) is 1. The van der Waals surface area contributed by atoms with Gasteiger partial charge in [-0.3, -0.25) is 14.4 Å². The van der Waals surface area contributed by atoms with Crippen molar-refractivity contribution in [1.29, 1.82) is 0 Å². The molecule has 5 nitrogen and oxygen atoms in total. The fourth-order valence-corrected chi connectivity index (χ4v) is 1.41. The minimum Gasteiger partial charge on any atom is -0.469 e. The molecular weight excluding hydrogens is 291 g/mol. The molecule has 0 unspecified atom stereocenters. The summed E-state index contributed by atoms with van der Waals surface area (Å²) in [5.41, 5.74) is 0.726. The second kappa shape index (κ2) is 6.87. The Kier molecular flexibility index (Phi) is 5.45. The highest BCUT2D eigenvalue weighted by atomic mass is 19.4.